The minimum absolute atomic E-state index is 0.284. The fourth-order valence-corrected chi connectivity index (χ4v) is 2.33. The molecule has 0 fully saturated rings. The third-order valence-corrected chi connectivity index (χ3v) is 3.46. The molecule has 1 unspecified atom stereocenters. The second-order valence-electron chi connectivity index (χ2n) is 4.13. The van der Waals surface area contributed by atoms with Crippen LogP contribution in [0.25, 0.3) is 0 Å². The SMILES string of the molecule is CCN(CC)C(N)=NCC(C)(O)c1ccsc1. The van der Waals surface area contributed by atoms with Gasteiger partial charge in [0.1, 0.15) is 5.60 Å². The van der Waals surface area contributed by atoms with Crippen molar-refractivity contribution < 1.29 is 5.11 Å². The molecule has 0 bridgehead atoms. The molecule has 17 heavy (non-hydrogen) atoms. The Morgan fingerprint density at radius 3 is 2.65 bits per heavy atom. The largest absolute Gasteiger partial charge is 0.383 e. The zero-order valence-corrected chi connectivity index (χ0v) is 11.5. The van der Waals surface area contributed by atoms with E-state index in [1.54, 1.807) is 18.3 Å². The van der Waals surface area contributed by atoms with Gasteiger partial charge in [0, 0.05) is 13.1 Å². The summed E-state index contributed by atoms with van der Waals surface area (Å²) >= 11 is 1.57. The summed E-state index contributed by atoms with van der Waals surface area (Å²) in [5.74, 6) is 0.491. The molecule has 0 aliphatic carbocycles. The maximum Gasteiger partial charge on any atom is 0.191 e. The standard InChI is InChI=1S/C12H21N3OS/c1-4-15(5-2)11(13)14-9-12(3,16)10-6-7-17-8-10/h6-8,16H,4-5,9H2,1-3H3,(H2,13,14). The van der Waals surface area contributed by atoms with E-state index in [1.165, 1.54) is 0 Å². The quantitative estimate of drug-likeness (QED) is 0.621. The summed E-state index contributed by atoms with van der Waals surface area (Å²) in [7, 11) is 0. The van der Waals surface area contributed by atoms with Crippen molar-refractivity contribution in [3.05, 3.63) is 22.4 Å². The molecule has 0 spiro atoms. The molecular weight excluding hydrogens is 234 g/mol. The summed E-state index contributed by atoms with van der Waals surface area (Å²) in [5.41, 5.74) is 5.81. The van der Waals surface area contributed by atoms with Gasteiger partial charge in [-0.2, -0.15) is 11.3 Å². The molecule has 5 heteroatoms. The minimum Gasteiger partial charge on any atom is -0.383 e. The van der Waals surface area contributed by atoms with Gasteiger partial charge in [-0.15, -0.1) is 0 Å². The Labute approximate surface area is 107 Å². The summed E-state index contributed by atoms with van der Waals surface area (Å²) in [6.45, 7) is 7.75. The van der Waals surface area contributed by atoms with Gasteiger partial charge in [0.15, 0.2) is 5.96 Å². The third kappa shape index (κ3) is 3.71. The highest BCUT2D eigenvalue weighted by Gasteiger charge is 2.23. The average Bonchev–Trinajstić information content (AvgIpc) is 2.82. The molecule has 96 valence electrons. The van der Waals surface area contributed by atoms with Crippen molar-refractivity contribution in [1.29, 1.82) is 0 Å². The normalized spacial score (nSPS) is 15.6. The number of nitrogens with two attached hydrogens (primary N) is 1. The molecule has 0 aliphatic rings. The van der Waals surface area contributed by atoms with E-state index >= 15 is 0 Å². The molecule has 0 amide bonds. The predicted molar refractivity (Wildman–Crippen MR) is 73.3 cm³/mol. The summed E-state index contributed by atoms with van der Waals surface area (Å²) in [4.78, 5) is 6.23. The van der Waals surface area contributed by atoms with E-state index in [4.69, 9.17) is 5.73 Å². The number of nitrogens with zero attached hydrogens (tertiary/aromatic N) is 2. The molecule has 4 nitrogen and oxygen atoms in total. The number of thiophene rings is 1. The first kappa shape index (κ1) is 14.0. The highest BCUT2D eigenvalue weighted by molar-refractivity contribution is 7.08. The molecule has 0 aliphatic heterocycles. The second-order valence-corrected chi connectivity index (χ2v) is 4.91. The maximum absolute atomic E-state index is 10.3. The van der Waals surface area contributed by atoms with Crippen LogP contribution in [0, 0.1) is 0 Å². The number of rotatable bonds is 5. The lowest BCUT2D eigenvalue weighted by Crippen LogP contribution is -2.38. The Hall–Kier alpha value is -1.07. The topological polar surface area (TPSA) is 61.8 Å². The van der Waals surface area contributed by atoms with Gasteiger partial charge in [0.2, 0.25) is 0 Å². The molecule has 1 aromatic heterocycles. The second kappa shape index (κ2) is 6.02. The van der Waals surface area contributed by atoms with Crippen LogP contribution in [0.2, 0.25) is 0 Å². The van der Waals surface area contributed by atoms with Crippen molar-refractivity contribution in [2.24, 2.45) is 10.7 Å². The molecule has 0 radical (unpaired) electrons. The van der Waals surface area contributed by atoms with Gasteiger partial charge in [-0.25, -0.2) is 4.99 Å². The van der Waals surface area contributed by atoms with Gasteiger partial charge in [-0.3, -0.25) is 0 Å². The Morgan fingerprint density at radius 1 is 1.53 bits per heavy atom. The average molecular weight is 255 g/mol. The molecule has 1 atom stereocenters. The van der Waals surface area contributed by atoms with E-state index in [0.29, 0.717) is 5.96 Å². The summed E-state index contributed by atoms with van der Waals surface area (Å²) in [5, 5.41) is 14.2. The van der Waals surface area contributed by atoms with Crippen LogP contribution in [0.4, 0.5) is 0 Å². The fraction of sp³-hybridized carbons (Fsp3) is 0.583. The van der Waals surface area contributed by atoms with Crippen molar-refractivity contribution in [2.45, 2.75) is 26.4 Å². The van der Waals surface area contributed by atoms with Crippen LogP contribution < -0.4 is 5.73 Å². The van der Waals surface area contributed by atoms with Crippen LogP contribution in [0.15, 0.2) is 21.8 Å². The Balaban J connectivity index is 2.69. The Bertz CT molecular complexity index is 356. The van der Waals surface area contributed by atoms with Gasteiger partial charge >= 0.3 is 0 Å². The van der Waals surface area contributed by atoms with E-state index in [0.717, 1.165) is 18.7 Å². The monoisotopic (exact) mass is 255 g/mol. The number of guanidine groups is 1. The number of aliphatic imine (C=N–C) groups is 1. The highest BCUT2D eigenvalue weighted by Crippen LogP contribution is 2.23. The summed E-state index contributed by atoms with van der Waals surface area (Å²) in [6.07, 6.45) is 0. The first-order chi connectivity index (χ1) is 8.01. The molecule has 1 rings (SSSR count). The van der Waals surface area contributed by atoms with E-state index in [-0.39, 0.29) is 6.54 Å². The number of aliphatic hydroxyl groups is 1. The smallest absolute Gasteiger partial charge is 0.191 e. The molecular formula is C12H21N3OS. The van der Waals surface area contributed by atoms with E-state index in [2.05, 4.69) is 4.99 Å². The van der Waals surface area contributed by atoms with Gasteiger partial charge in [-0.05, 0) is 43.2 Å². The summed E-state index contributed by atoms with van der Waals surface area (Å²) in [6, 6.07) is 1.91. The third-order valence-electron chi connectivity index (χ3n) is 2.78. The van der Waals surface area contributed by atoms with Gasteiger partial charge < -0.3 is 15.7 Å². The van der Waals surface area contributed by atoms with E-state index in [1.807, 2.05) is 35.6 Å². The highest BCUT2D eigenvalue weighted by atomic mass is 32.1. The molecule has 1 heterocycles. The van der Waals surface area contributed by atoms with Crippen molar-refractivity contribution >= 4 is 17.3 Å². The first-order valence-corrected chi connectivity index (χ1v) is 6.75. The van der Waals surface area contributed by atoms with Gasteiger partial charge in [-0.1, -0.05) is 0 Å². The minimum atomic E-state index is -0.947. The van der Waals surface area contributed by atoms with E-state index in [9.17, 15) is 5.11 Å². The molecule has 1 aromatic rings. The summed E-state index contributed by atoms with van der Waals surface area (Å²) < 4.78 is 0. The van der Waals surface area contributed by atoms with Crippen LogP contribution in [0.1, 0.15) is 26.3 Å². The van der Waals surface area contributed by atoms with Crippen LogP contribution in [0.5, 0.6) is 0 Å². The lowest BCUT2D eigenvalue weighted by atomic mass is 10.00. The predicted octanol–water partition coefficient (Wildman–Crippen LogP) is 1.61. The van der Waals surface area contributed by atoms with Crippen LogP contribution in [-0.2, 0) is 5.60 Å². The van der Waals surface area contributed by atoms with Gasteiger partial charge in [0.05, 0.1) is 6.54 Å². The Morgan fingerprint density at radius 2 is 2.18 bits per heavy atom. The number of hydrogen-bond donors (Lipinski definition) is 2. The van der Waals surface area contributed by atoms with E-state index < -0.39 is 5.60 Å². The first-order valence-electron chi connectivity index (χ1n) is 5.81. The number of hydrogen-bond acceptors (Lipinski definition) is 3. The van der Waals surface area contributed by atoms with Crippen LogP contribution >= 0.6 is 11.3 Å². The van der Waals surface area contributed by atoms with Crippen molar-refractivity contribution in [1.82, 2.24) is 4.90 Å². The van der Waals surface area contributed by atoms with Crippen molar-refractivity contribution in [3.8, 4) is 0 Å². The molecule has 0 saturated carbocycles. The van der Waals surface area contributed by atoms with Crippen LogP contribution in [0.3, 0.4) is 0 Å². The lowest BCUT2D eigenvalue weighted by Gasteiger charge is -2.23. The molecule has 0 aromatic carbocycles. The molecule has 0 saturated heterocycles. The fourth-order valence-electron chi connectivity index (χ4n) is 1.54. The lowest BCUT2D eigenvalue weighted by molar-refractivity contribution is 0.0675. The van der Waals surface area contributed by atoms with Crippen molar-refractivity contribution in [2.75, 3.05) is 19.6 Å². The van der Waals surface area contributed by atoms with Gasteiger partial charge in [0.25, 0.3) is 0 Å². The molecule has 3 N–H and O–H groups in total. The zero-order chi connectivity index (χ0) is 12.9. The van der Waals surface area contributed by atoms with Crippen molar-refractivity contribution in [3.63, 3.8) is 0 Å². The van der Waals surface area contributed by atoms with Crippen LogP contribution in [-0.4, -0.2) is 35.6 Å². The Kier molecular flexibility index (Phi) is 4.96. The maximum atomic E-state index is 10.3. The zero-order valence-electron chi connectivity index (χ0n) is 10.7.